The highest BCUT2D eigenvalue weighted by Crippen LogP contribution is 2.33. The van der Waals surface area contributed by atoms with Crippen LogP contribution in [0.5, 0.6) is 0 Å². The SMILES string of the molecule is COCC(C#N)(CC(C)C)CC(C)C. The second kappa shape index (κ2) is 6.03. The highest BCUT2D eigenvalue weighted by Gasteiger charge is 2.31. The van der Waals surface area contributed by atoms with Gasteiger partial charge in [0.2, 0.25) is 0 Å². The van der Waals surface area contributed by atoms with Crippen LogP contribution in [0.15, 0.2) is 0 Å². The van der Waals surface area contributed by atoms with E-state index >= 15 is 0 Å². The molecule has 0 amide bonds. The van der Waals surface area contributed by atoms with Crippen molar-refractivity contribution in [2.75, 3.05) is 13.7 Å². The number of hydrogen-bond acceptors (Lipinski definition) is 2. The van der Waals surface area contributed by atoms with E-state index in [4.69, 9.17) is 4.74 Å². The molecule has 82 valence electrons. The summed E-state index contributed by atoms with van der Waals surface area (Å²) in [7, 11) is 1.67. The van der Waals surface area contributed by atoms with Gasteiger partial charge in [-0.2, -0.15) is 5.26 Å². The van der Waals surface area contributed by atoms with Gasteiger partial charge in [-0.15, -0.1) is 0 Å². The maximum atomic E-state index is 9.28. The lowest BCUT2D eigenvalue weighted by molar-refractivity contribution is 0.0856. The van der Waals surface area contributed by atoms with Crippen molar-refractivity contribution in [1.82, 2.24) is 0 Å². The summed E-state index contributed by atoms with van der Waals surface area (Å²) in [5.41, 5.74) is -0.281. The fraction of sp³-hybridized carbons (Fsp3) is 0.917. The summed E-state index contributed by atoms with van der Waals surface area (Å²) < 4.78 is 5.18. The van der Waals surface area contributed by atoms with Gasteiger partial charge < -0.3 is 4.74 Å². The Morgan fingerprint density at radius 1 is 1.14 bits per heavy atom. The number of nitriles is 1. The molecule has 0 aromatic carbocycles. The predicted molar refractivity (Wildman–Crippen MR) is 58.8 cm³/mol. The number of hydrogen-bond donors (Lipinski definition) is 0. The summed E-state index contributed by atoms with van der Waals surface area (Å²) in [6, 6.07) is 2.45. The first-order valence-electron chi connectivity index (χ1n) is 5.36. The largest absolute Gasteiger partial charge is 0.383 e. The van der Waals surface area contributed by atoms with Crippen LogP contribution in [0.25, 0.3) is 0 Å². The first kappa shape index (κ1) is 13.4. The van der Waals surface area contributed by atoms with Crippen LogP contribution >= 0.6 is 0 Å². The van der Waals surface area contributed by atoms with Gasteiger partial charge >= 0.3 is 0 Å². The molecule has 0 saturated carbocycles. The molecule has 14 heavy (non-hydrogen) atoms. The monoisotopic (exact) mass is 197 g/mol. The van der Waals surface area contributed by atoms with Crippen molar-refractivity contribution in [3.63, 3.8) is 0 Å². The van der Waals surface area contributed by atoms with E-state index in [1.807, 2.05) is 0 Å². The maximum absolute atomic E-state index is 9.28. The van der Waals surface area contributed by atoms with Crippen molar-refractivity contribution in [3.05, 3.63) is 0 Å². The normalized spacial score (nSPS) is 12.1. The molecule has 0 radical (unpaired) electrons. The second-order valence-electron chi connectivity index (χ2n) is 5.02. The Morgan fingerprint density at radius 3 is 1.79 bits per heavy atom. The molecule has 0 aromatic heterocycles. The summed E-state index contributed by atoms with van der Waals surface area (Å²) in [6.07, 6.45) is 1.85. The van der Waals surface area contributed by atoms with Crippen LogP contribution in [0.1, 0.15) is 40.5 Å². The first-order chi connectivity index (χ1) is 6.45. The van der Waals surface area contributed by atoms with E-state index in [2.05, 4.69) is 33.8 Å². The van der Waals surface area contributed by atoms with Gasteiger partial charge in [0.05, 0.1) is 18.1 Å². The van der Waals surface area contributed by atoms with Gasteiger partial charge in [0.1, 0.15) is 0 Å². The van der Waals surface area contributed by atoms with Crippen molar-refractivity contribution >= 4 is 0 Å². The molecule has 0 unspecified atom stereocenters. The molecule has 0 aliphatic carbocycles. The third-order valence-corrected chi connectivity index (χ3v) is 2.26. The minimum atomic E-state index is -0.281. The van der Waals surface area contributed by atoms with E-state index in [-0.39, 0.29) is 5.41 Å². The molecule has 0 bridgehead atoms. The quantitative estimate of drug-likeness (QED) is 0.655. The molecule has 0 saturated heterocycles. The number of nitrogens with zero attached hydrogens (tertiary/aromatic N) is 1. The molecule has 0 heterocycles. The van der Waals surface area contributed by atoms with Gasteiger partial charge in [0, 0.05) is 7.11 Å². The topological polar surface area (TPSA) is 33.0 Å². The van der Waals surface area contributed by atoms with Gasteiger partial charge in [-0.3, -0.25) is 0 Å². The van der Waals surface area contributed by atoms with Gasteiger partial charge in [-0.25, -0.2) is 0 Å². The second-order valence-corrected chi connectivity index (χ2v) is 5.02. The fourth-order valence-corrected chi connectivity index (χ4v) is 2.16. The molecule has 2 nitrogen and oxygen atoms in total. The van der Waals surface area contributed by atoms with Crippen LogP contribution in [0.2, 0.25) is 0 Å². The zero-order valence-electron chi connectivity index (χ0n) is 10.1. The Labute approximate surface area is 88.3 Å². The van der Waals surface area contributed by atoms with Crippen LogP contribution in [0.3, 0.4) is 0 Å². The molecule has 0 aliphatic heterocycles. The van der Waals surface area contributed by atoms with E-state index in [0.29, 0.717) is 18.4 Å². The van der Waals surface area contributed by atoms with Crippen molar-refractivity contribution in [2.45, 2.75) is 40.5 Å². The minimum absolute atomic E-state index is 0.281. The van der Waals surface area contributed by atoms with Crippen molar-refractivity contribution < 1.29 is 4.74 Å². The number of rotatable bonds is 6. The molecule has 0 aromatic rings. The maximum Gasteiger partial charge on any atom is 0.0811 e. The lowest BCUT2D eigenvalue weighted by Crippen LogP contribution is -2.28. The molecule has 0 N–H and O–H groups in total. The van der Waals surface area contributed by atoms with Gasteiger partial charge in [0.25, 0.3) is 0 Å². The van der Waals surface area contributed by atoms with E-state index in [0.717, 1.165) is 12.8 Å². The number of methoxy groups -OCH3 is 1. The van der Waals surface area contributed by atoms with E-state index in [1.165, 1.54) is 0 Å². The molecule has 0 fully saturated rings. The summed E-state index contributed by atoms with van der Waals surface area (Å²) in [5.74, 6) is 1.09. The molecule has 0 aliphatic rings. The smallest absolute Gasteiger partial charge is 0.0811 e. The van der Waals surface area contributed by atoms with Crippen LogP contribution in [-0.4, -0.2) is 13.7 Å². The van der Waals surface area contributed by atoms with Crippen molar-refractivity contribution in [1.29, 1.82) is 5.26 Å². The molecule has 2 heteroatoms. The van der Waals surface area contributed by atoms with Crippen LogP contribution in [-0.2, 0) is 4.74 Å². The number of ether oxygens (including phenoxy) is 1. The summed E-state index contributed by atoms with van der Waals surface area (Å²) in [6.45, 7) is 9.17. The summed E-state index contributed by atoms with van der Waals surface area (Å²) in [4.78, 5) is 0. The zero-order chi connectivity index (χ0) is 11.2. The van der Waals surface area contributed by atoms with Crippen LogP contribution < -0.4 is 0 Å². The Morgan fingerprint density at radius 2 is 1.57 bits per heavy atom. The minimum Gasteiger partial charge on any atom is -0.383 e. The molecular formula is C12H23NO. The summed E-state index contributed by atoms with van der Waals surface area (Å²) in [5, 5.41) is 9.28. The van der Waals surface area contributed by atoms with E-state index in [1.54, 1.807) is 7.11 Å². The Kier molecular flexibility index (Phi) is 5.79. The Balaban J connectivity index is 4.53. The lowest BCUT2D eigenvalue weighted by Gasteiger charge is -2.29. The van der Waals surface area contributed by atoms with Crippen molar-refractivity contribution in [3.8, 4) is 6.07 Å². The summed E-state index contributed by atoms with van der Waals surface area (Å²) >= 11 is 0. The van der Waals surface area contributed by atoms with Crippen LogP contribution in [0.4, 0.5) is 0 Å². The van der Waals surface area contributed by atoms with Crippen LogP contribution in [0, 0.1) is 28.6 Å². The average Bonchev–Trinajstić information content (AvgIpc) is 2.02. The van der Waals surface area contributed by atoms with Gasteiger partial charge in [0.15, 0.2) is 0 Å². The third-order valence-electron chi connectivity index (χ3n) is 2.26. The third kappa shape index (κ3) is 4.62. The highest BCUT2D eigenvalue weighted by atomic mass is 16.5. The van der Waals surface area contributed by atoms with Gasteiger partial charge in [-0.1, -0.05) is 27.7 Å². The Bertz CT molecular complexity index is 181. The zero-order valence-corrected chi connectivity index (χ0v) is 10.1. The lowest BCUT2D eigenvalue weighted by atomic mass is 9.76. The van der Waals surface area contributed by atoms with Crippen molar-refractivity contribution in [2.24, 2.45) is 17.3 Å². The first-order valence-corrected chi connectivity index (χ1v) is 5.36. The fourth-order valence-electron chi connectivity index (χ4n) is 2.16. The van der Waals surface area contributed by atoms with Gasteiger partial charge in [-0.05, 0) is 24.7 Å². The van der Waals surface area contributed by atoms with E-state index < -0.39 is 0 Å². The average molecular weight is 197 g/mol. The van der Waals surface area contributed by atoms with E-state index in [9.17, 15) is 5.26 Å². The molecule has 0 spiro atoms. The molecular weight excluding hydrogens is 174 g/mol. The molecule has 0 atom stereocenters. The Hall–Kier alpha value is -0.550. The molecule has 0 rings (SSSR count). The highest BCUT2D eigenvalue weighted by molar-refractivity contribution is 5.00. The standard InChI is InChI=1S/C12H23NO/c1-10(2)6-12(8-13,9-14-5)7-11(3)4/h10-11H,6-7,9H2,1-5H3. The predicted octanol–water partition coefficient (Wildman–Crippen LogP) is 3.23.